The standard InChI is InChI=1S/C17H25NO/c1-12-3-7-14(8-4-12)18-17-11-16(17)13-5-9-15(19-2)10-6-13/h5-6,9-10,12,14,16-18H,3-4,7-8,11H2,1-2H3/t12?,14?,16-,17+/m1/s1. The second-order valence-corrected chi connectivity index (χ2v) is 6.35. The summed E-state index contributed by atoms with van der Waals surface area (Å²) in [4.78, 5) is 0. The number of benzene rings is 1. The zero-order valence-electron chi connectivity index (χ0n) is 12.1. The molecule has 0 saturated heterocycles. The van der Waals surface area contributed by atoms with Crippen molar-refractivity contribution in [1.29, 1.82) is 0 Å². The fourth-order valence-electron chi connectivity index (χ4n) is 3.33. The van der Waals surface area contributed by atoms with Crippen molar-refractivity contribution in [2.75, 3.05) is 7.11 Å². The van der Waals surface area contributed by atoms with E-state index in [0.717, 1.165) is 23.6 Å². The number of nitrogens with one attached hydrogen (secondary N) is 1. The van der Waals surface area contributed by atoms with E-state index in [4.69, 9.17) is 4.74 Å². The highest BCUT2D eigenvalue weighted by Gasteiger charge is 2.39. The zero-order valence-corrected chi connectivity index (χ0v) is 12.1. The summed E-state index contributed by atoms with van der Waals surface area (Å²) in [5.41, 5.74) is 1.46. The molecule has 0 bridgehead atoms. The Kier molecular flexibility index (Phi) is 3.79. The summed E-state index contributed by atoms with van der Waals surface area (Å²) >= 11 is 0. The van der Waals surface area contributed by atoms with E-state index >= 15 is 0 Å². The van der Waals surface area contributed by atoms with Gasteiger partial charge in [0.15, 0.2) is 0 Å². The molecular formula is C17H25NO. The molecule has 104 valence electrons. The van der Waals surface area contributed by atoms with Crippen molar-refractivity contribution >= 4 is 0 Å². The van der Waals surface area contributed by atoms with Gasteiger partial charge < -0.3 is 10.1 Å². The Morgan fingerprint density at radius 2 is 1.74 bits per heavy atom. The first-order valence-electron chi connectivity index (χ1n) is 7.66. The fourth-order valence-corrected chi connectivity index (χ4v) is 3.33. The molecule has 0 spiro atoms. The lowest BCUT2D eigenvalue weighted by atomic mass is 9.87. The van der Waals surface area contributed by atoms with E-state index in [1.54, 1.807) is 7.11 Å². The number of methoxy groups -OCH3 is 1. The van der Waals surface area contributed by atoms with Crippen LogP contribution in [0.3, 0.4) is 0 Å². The highest BCUT2D eigenvalue weighted by molar-refractivity contribution is 5.33. The molecule has 1 N–H and O–H groups in total. The van der Waals surface area contributed by atoms with Gasteiger partial charge in [0.25, 0.3) is 0 Å². The van der Waals surface area contributed by atoms with Gasteiger partial charge in [0, 0.05) is 18.0 Å². The quantitative estimate of drug-likeness (QED) is 0.890. The van der Waals surface area contributed by atoms with Gasteiger partial charge in [0.05, 0.1) is 7.11 Å². The Morgan fingerprint density at radius 3 is 2.37 bits per heavy atom. The van der Waals surface area contributed by atoms with Crippen LogP contribution < -0.4 is 10.1 Å². The lowest BCUT2D eigenvalue weighted by Gasteiger charge is -2.27. The molecule has 0 unspecified atom stereocenters. The van der Waals surface area contributed by atoms with Crippen molar-refractivity contribution in [3.8, 4) is 5.75 Å². The first-order valence-corrected chi connectivity index (χ1v) is 7.66. The first kappa shape index (κ1) is 13.0. The third-order valence-corrected chi connectivity index (χ3v) is 4.80. The number of hydrogen-bond acceptors (Lipinski definition) is 2. The van der Waals surface area contributed by atoms with Gasteiger partial charge in [-0.1, -0.05) is 19.1 Å². The largest absolute Gasteiger partial charge is 0.497 e. The van der Waals surface area contributed by atoms with Gasteiger partial charge in [0.2, 0.25) is 0 Å². The minimum atomic E-state index is 0.715. The maximum atomic E-state index is 5.21. The smallest absolute Gasteiger partial charge is 0.118 e. The molecular weight excluding hydrogens is 234 g/mol. The van der Waals surface area contributed by atoms with E-state index in [9.17, 15) is 0 Å². The van der Waals surface area contributed by atoms with Crippen molar-refractivity contribution < 1.29 is 4.74 Å². The van der Waals surface area contributed by atoms with Gasteiger partial charge in [-0.3, -0.25) is 0 Å². The van der Waals surface area contributed by atoms with Crippen LogP contribution in [-0.4, -0.2) is 19.2 Å². The summed E-state index contributed by atoms with van der Waals surface area (Å²) in [6.45, 7) is 2.38. The molecule has 2 aliphatic rings. The Labute approximate surface area is 116 Å². The average Bonchev–Trinajstić information content (AvgIpc) is 3.21. The van der Waals surface area contributed by atoms with Gasteiger partial charge in [-0.15, -0.1) is 0 Å². The molecule has 2 heteroatoms. The summed E-state index contributed by atoms with van der Waals surface area (Å²) in [7, 11) is 1.72. The Bertz CT molecular complexity index is 406. The van der Waals surface area contributed by atoms with Crippen molar-refractivity contribution in [3.05, 3.63) is 29.8 Å². The predicted molar refractivity (Wildman–Crippen MR) is 78.7 cm³/mol. The third kappa shape index (κ3) is 3.11. The number of hydrogen-bond donors (Lipinski definition) is 1. The third-order valence-electron chi connectivity index (χ3n) is 4.80. The van der Waals surface area contributed by atoms with Crippen molar-refractivity contribution in [3.63, 3.8) is 0 Å². The van der Waals surface area contributed by atoms with Gasteiger partial charge in [-0.25, -0.2) is 0 Å². The van der Waals surface area contributed by atoms with E-state index in [0.29, 0.717) is 6.04 Å². The van der Waals surface area contributed by atoms with Crippen molar-refractivity contribution in [2.45, 2.75) is 57.0 Å². The lowest BCUT2D eigenvalue weighted by molar-refractivity contribution is 0.305. The molecule has 2 fully saturated rings. The van der Waals surface area contributed by atoms with Crippen LogP contribution in [0.1, 0.15) is 50.5 Å². The molecule has 2 nitrogen and oxygen atoms in total. The minimum Gasteiger partial charge on any atom is -0.497 e. The highest BCUT2D eigenvalue weighted by Crippen LogP contribution is 2.42. The second kappa shape index (κ2) is 5.54. The summed E-state index contributed by atoms with van der Waals surface area (Å²) < 4.78 is 5.21. The topological polar surface area (TPSA) is 21.3 Å². The van der Waals surface area contributed by atoms with Crippen molar-refractivity contribution in [2.24, 2.45) is 5.92 Å². The number of rotatable bonds is 4. The molecule has 1 aromatic rings. The van der Waals surface area contributed by atoms with Crippen LogP contribution in [0, 0.1) is 5.92 Å². The van der Waals surface area contributed by atoms with E-state index in [-0.39, 0.29) is 0 Å². The molecule has 0 aliphatic heterocycles. The van der Waals surface area contributed by atoms with Gasteiger partial charge >= 0.3 is 0 Å². The monoisotopic (exact) mass is 259 g/mol. The molecule has 2 atom stereocenters. The van der Waals surface area contributed by atoms with Crippen LogP contribution in [0.15, 0.2) is 24.3 Å². The molecule has 0 radical (unpaired) electrons. The minimum absolute atomic E-state index is 0.715. The summed E-state index contributed by atoms with van der Waals surface area (Å²) in [5.74, 6) is 2.62. The second-order valence-electron chi connectivity index (χ2n) is 6.35. The van der Waals surface area contributed by atoms with Crippen LogP contribution in [-0.2, 0) is 0 Å². The Hall–Kier alpha value is -1.02. The summed E-state index contributed by atoms with van der Waals surface area (Å²) in [5, 5.41) is 3.86. The maximum Gasteiger partial charge on any atom is 0.118 e. The van der Waals surface area contributed by atoms with Gasteiger partial charge in [-0.05, 0) is 55.7 Å². The van der Waals surface area contributed by atoms with Crippen molar-refractivity contribution in [1.82, 2.24) is 5.32 Å². The first-order chi connectivity index (χ1) is 9.26. The Morgan fingerprint density at radius 1 is 1.05 bits per heavy atom. The van der Waals surface area contributed by atoms with E-state index < -0.39 is 0 Å². The van der Waals surface area contributed by atoms with Crippen LogP contribution in [0.4, 0.5) is 0 Å². The fraction of sp³-hybridized carbons (Fsp3) is 0.647. The number of ether oxygens (including phenoxy) is 1. The van der Waals surface area contributed by atoms with Gasteiger partial charge in [-0.2, -0.15) is 0 Å². The maximum absolute atomic E-state index is 5.21. The van der Waals surface area contributed by atoms with Crippen LogP contribution in [0.25, 0.3) is 0 Å². The molecule has 2 aliphatic carbocycles. The van der Waals surface area contributed by atoms with E-state index in [1.807, 2.05) is 0 Å². The molecule has 0 aromatic heterocycles. The SMILES string of the molecule is COc1ccc([C@H]2C[C@@H]2NC2CCC(C)CC2)cc1. The average molecular weight is 259 g/mol. The van der Waals surface area contributed by atoms with Crippen LogP contribution in [0.5, 0.6) is 5.75 Å². The van der Waals surface area contributed by atoms with E-state index in [2.05, 4.69) is 36.5 Å². The predicted octanol–water partition coefficient (Wildman–Crippen LogP) is 3.72. The van der Waals surface area contributed by atoms with Crippen LogP contribution in [0.2, 0.25) is 0 Å². The molecule has 3 rings (SSSR count). The van der Waals surface area contributed by atoms with E-state index in [1.165, 1.54) is 37.7 Å². The highest BCUT2D eigenvalue weighted by atomic mass is 16.5. The molecule has 2 saturated carbocycles. The Balaban J connectivity index is 1.50. The zero-order chi connectivity index (χ0) is 13.2. The lowest BCUT2D eigenvalue weighted by Crippen LogP contribution is -2.34. The van der Waals surface area contributed by atoms with Gasteiger partial charge in [0.1, 0.15) is 5.75 Å². The molecule has 0 heterocycles. The molecule has 1 aromatic carbocycles. The molecule has 19 heavy (non-hydrogen) atoms. The van der Waals surface area contributed by atoms with Crippen LogP contribution >= 0.6 is 0 Å². The molecule has 0 amide bonds. The normalized spacial score (nSPS) is 34.0. The summed E-state index contributed by atoms with van der Waals surface area (Å²) in [6, 6.07) is 10.1. The summed E-state index contributed by atoms with van der Waals surface area (Å²) in [6.07, 6.45) is 6.84.